The standard InChI is InChI=1S/C75H128NO8P/c1-6-8-10-12-14-16-18-20-22-24-26-28-29-30-31-32-33-34-35-36-37-38-39-40-41-42-43-44-45-46-47-48-50-52-54-56-58-60-62-64-66-68-75(78)84-73(72-83-85(79,80)82-70-69-76(3,4)5)71-81-74(77)67-65-63-61-59-57-55-53-51-49-27-25-23-21-19-17-15-13-11-9-7-2/h8,10,14,16,20,22,26,28,30-31,33-34,36-37,39-40,42-43,45-46,48,50,73H,6-7,9,11-13,15,17-19,21,23-25,27,29,32,35,38,41,44,47,49,51-72H2,1-5H3/b10-8-,16-14-,22-20-,28-26-,31-30-,34-33-,37-36-,40-39-,43-42-,46-45-,50-48-. The van der Waals surface area contributed by atoms with Crippen molar-refractivity contribution in [1.29, 1.82) is 0 Å². The number of allylic oxidation sites excluding steroid dienone is 22. The zero-order valence-corrected chi connectivity index (χ0v) is 56.2. The van der Waals surface area contributed by atoms with E-state index in [0.717, 1.165) is 122 Å². The number of ether oxygens (including phenoxy) is 2. The molecule has 0 radical (unpaired) electrons. The summed E-state index contributed by atoms with van der Waals surface area (Å²) >= 11 is 0. The van der Waals surface area contributed by atoms with E-state index in [-0.39, 0.29) is 32.0 Å². The molecular weight excluding hydrogens is 1070 g/mol. The highest BCUT2D eigenvalue weighted by Gasteiger charge is 2.22. The fraction of sp³-hybridized carbons (Fsp3) is 0.680. The van der Waals surface area contributed by atoms with Crippen LogP contribution in [-0.2, 0) is 32.7 Å². The number of phosphoric ester groups is 1. The van der Waals surface area contributed by atoms with Crippen LogP contribution >= 0.6 is 7.82 Å². The van der Waals surface area contributed by atoms with Crippen molar-refractivity contribution in [2.45, 2.75) is 283 Å². The molecule has 0 fully saturated rings. The number of hydrogen-bond acceptors (Lipinski definition) is 8. The van der Waals surface area contributed by atoms with Gasteiger partial charge in [-0.15, -0.1) is 0 Å². The van der Waals surface area contributed by atoms with Crippen molar-refractivity contribution in [2.24, 2.45) is 0 Å². The van der Waals surface area contributed by atoms with Gasteiger partial charge in [-0.3, -0.25) is 14.2 Å². The normalized spacial score (nSPS) is 14.0. The summed E-state index contributed by atoms with van der Waals surface area (Å²) in [5, 5.41) is 0. The maximum atomic E-state index is 12.8. The van der Waals surface area contributed by atoms with Crippen molar-refractivity contribution < 1.29 is 42.1 Å². The predicted octanol–water partition coefficient (Wildman–Crippen LogP) is 21.8. The number of carbonyl (C=O) groups is 2. The number of quaternary nitrogens is 1. The lowest BCUT2D eigenvalue weighted by Gasteiger charge is -2.28. The number of phosphoric acid groups is 1. The number of nitrogens with zero attached hydrogens (tertiary/aromatic N) is 1. The minimum Gasteiger partial charge on any atom is -0.756 e. The van der Waals surface area contributed by atoms with Crippen molar-refractivity contribution in [3.63, 3.8) is 0 Å². The van der Waals surface area contributed by atoms with Gasteiger partial charge in [-0.05, 0) is 96.3 Å². The van der Waals surface area contributed by atoms with Crippen LogP contribution in [0.4, 0.5) is 0 Å². The second kappa shape index (κ2) is 64.6. The SMILES string of the molecule is CC/C=C\C/C=C\C/C=C\C/C=C\C/C=C\C/C=C\C/C=C\C/C=C\C/C=C\C/C=C\C/C=C\CCCCCCCCCC(=O)OC(COC(=O)CCCCCCCCCCCCCCCCCCCCCC)COP(=O)([O-])OCC[N+](C)(C)C. The molecule has 2 unspecified atom stereocenters. The third-order valence-electron chi connectivity index (χ3n) is 14.4. The van der Waals surface area contributed by atoms with Gasteiger partial charge in [0.25, 0.3) is 7.82 Å². The third kappa shape index (κ3) is 69.1. The van der Waals surface area contributed by atoms with Crippen LogP contribution in [0, 0.1) is 0 Å². The Kier molecular flexibility index (Phi) is 61.7. The molecule has 486 valence electrons. The van der Waals surface area contributed by atoms with E-state index in [1.54, 1.807) is 0 Å². The van der Waals surface area contributed by atoms with Crippen LogP contribution < -0.4 is 4.89 Å². The number of esters is 2. The lowest BCUT2D eigenvalue weighted by Crippen LogP contribution is -2.37. The highest BCUT2D eigenvalue weighted by Crippen LogP contribution is 2.38. The largest absolute Gasteiger partial charge is 0.756 e. The fourth-order valence-corrected chi connectivity index (χ4v) is 9.92. The van der Waals surface area contributed by atoms with Gasteiger partial charge in [-0.1, -0.05) is 302 Å². The van der Waals surface area contributed by atoms with Crippen LogP contribution in [0.25, 0.3) is 0 Å². The number of hydrogen-bond donors (Lipinski definition) is 0. The van der Waals surface area contributed by atoms with Crippen LogP contribution in [0.1, 0.15) is 277 Å². The van der Waals surface area contributed by atoms with E-state index in [1.807, 2.05) is 21.1 Å². The van der Waals surface area contributed by atoms with Crippen molar-refractivity contribution in [2.75, 3.05) is 47.5 Å². The van der Waals surface area contributed by atoms with Gasteiger partial charge in [-0.2, -0.15) is 0 Å². The second-order valence-corrected chi connectivity index (χ2v) is 25.2. The molecular formula is C75H128NO8P. The summed E-state index contributed by atoms with van der Waals surface area (Å²) in [5.74, 6) is -0.844. The average molecular weight is 1200 g/mol. The van der Waals surface area contributed by atoms with Gasteiger partial charge in [0.2, 0.25) is 0 Å². The Morgan fingerprint density at radius 1 is 0.376 bits per heavy atom. The molecule has 10 heteroatoms. The Balaban J connectivity index is 4.12. The molecule has 0 aliphatic heterocycles. The lowest BCUT2D eigenvalue weighted by molar-refractivity contribution is -0.870. The molecule has 0 amide bonds. The summed E-state index contributed by atoms with van der Waals surface area (Å²) < 4.78 is 34.3. The van der Waals surface area contributed by atoms with Gasteiger partial charge in [-0.25, -0.2) is 0 Å². The first kappa shape index (κ1) is 81.2. The molecule has 0 aromatic heterocycles. The lowest BCUT2D eigenvalue weighted by atomic mass is 10.0. The minimum absolute atomic E-state index is 0.0377. The summed E-state index contributed by atoms with van der Waals surface area (Å²) in [6, 6.07) is 0. The highest BCUT2D eigenvalue weighted by atomic mass is 31.2. The molecule has 0 rings (SSSR count). The van der Waals surface area contributed by atoms with E-state index in [9.17, 15) is 19.0 Å². The summed E-state index contributed by atoms with van der Waals surface area (Å²) in [4.78, 5) is 38.0. The quantitative estimate of drug-likeness (QED) is 0.0195. The molecule has 0 saturated heterocycles. The first-order valence-electron chi connectivity index (χ1n) is 34.4. The van der Waals surface area contributed by atoms with Crippen molar-refractivity contribution in [3.8, 4) is 0 Å². The zero-order valence-electron chi connectivity index (χ0n) is 55.3. The van der Waals surface area contributed by atoms with Gasteiger partial charge in [0.1, 0.15) is 19.8 Å². The monoisotopic (exact) mass is 1200 g/mol. The number of unbranched alkanes of at least 4 members (excludes halogenated alkanes) is 26. The minimum atomic E-state index is -4.65. The van der Waals surface area contributed by atoms with Crippen LogP contribution in [0.2, 0.25) is 0 Å². The molecule has 0 aliphatic rings. The molecule has 0 heterocycles. The van der Waals surface area contributed by atoms with E-state index in [0.29, 0.717) is 17.4 Å². The van der Waals surface area contributed by atoms with E-state index in [1.165, 1.54) is 122 Å². The van der Waals surface area contributed by atoms with Crippen molar-refractivity contribution >= 4 is 19.8 Å². The Labute approximate surface area is 523 Å². The highest BCUT2D eigenvalue weighted by molar-refractivity contribution is 7.45. The topological polar surface area (TPSA) is 111 Å². The van der Waals surface area contributed by atoms with Gasteiger partial charge in [0.05, 0.1) is 27.7 Å². The summed E-state index contributed by atoms with van der Waals surface area (Å²) in [7, 11) is 1.15. The van der Waals surface area contributed by atoms with Crippen LogP contribution in [0.3, 0.4) is 0 Å². The fourth-order valence-electron chi connectivity index (χ4n) is 9.19. The van der Waals surface area contributed by atoms with E-state index < -0.39 is 26.5 Å². The Bertz CT molecular complexity index is 1900. The number of carbonyl (C=O) groups excluding carboxylic acids is 2. The Morgan fingerprint density at radius 2 is 0.671 bits per heavy atom. The molecule has 0 spiro atoms. The molecule has 9 nitrogen and oxygen atoms in total. The number of rotatable bonds is 62. The smallest absolute Gasteiger partial charge is 0.306 e. The molecule has 0 saturated carbocycles. The zero-order chi connectivity index (χ0) is 61.9. The van der Waals surface area contributed by atoms with Crippen molar-refractivity contribution in [3.05, 3.63) is 134 Å². The summed E-state index contributed by atoms with van der Waals surface area (Å²) in [6.07, 6.45) is 93.8. The Morgan fingerprint density at radius 3 is 1.00 bits per heavy atom. The average Bonchev–Trinajstić information content (AvgIpc) is 3.51. The van der Waals surface area contributed by atoms with Gasteiger partial charge >= 0.3 is 11.9 Å². The van der Waals surface area contributed by atoms with E-state index >= 15 is 0 Å². The molecule has 2 atom stereocenters. The molecule has 85 heavy (non-hydrogen) atoms. The maximum absolute atomic E-state index is 12.8. The summed E-state index contributed by atoms with van der Waals surface area (Å²) in [6.45, 7) is 4.13. The second-order valence-electron chi connectivity index (χ2n) is 23.8. The van der Waals surface area contributed by atoms with Crippen LogP contribution in [0.5, 0.6) is 0 Å². The molecule has 0 aliphatic carbocycles. The van der Waals surface area contributed by atoms with E-state index in [2.05, 4.69) is 148 Å². The molecule has 0 N–H and O–H groups in total. The molecule has 0 aromatic rings. The van der Waals surface area contributed by atoms with Gasteiger partial charge < -0.3 is 27.9 Å². The summed E-state index contributed by atoms with van der Waals surface area (Å²) in [5.41, 5.74) is 0. The third-order valence-corrected chi connectivity index (χ3v) is 15.4. The number of likely N-dealkylation sites (N-methyl/N-ethyl adjacent to an activating group) is 1. The Hall–Kier alpha value is -3.85. The van der Waals surface area contributed by atoms with Gasteiger partial charge in [0.15, 0.2) is 6.10 Å². The first-order chi connectivity index (χ1) is 41.5. The van der Waals surface area contributed by atoms with E-state index in [4.69, 9.17) is 18.5 Å². The predicted molar refractivity (Wildman–Crippen MR) is 364 cm³/mol. The maximum Gasteiger partial charge on any atom is 0.306 e. The van der Waals surface area contributed by atoms with Crippen LogP contribution in [0.15, 0.2) is 134 Å². The van der Waals surface area contributed by atoms with Crippen LogP contribution in [-0.4, -0.2) is 70.0 Å². The molecule has 0 aromatic carbocycles. The molecule has 0 bridgehead atoms. The first-order valence-corrected chi connectivity index (χ1v) is 35.9. The van der Waals surface area contributed by atoms with Crippen molar-refractivity contribution in [1.82, 2.24) is 0 Å². The van der Waals surface area contributed by atoms with Gasteiger partial charge in [0, 0.05) is 12.8 Å².